The average Bonchev–Trinajstić information content (AvgIpc) is 3.31. The summed E-state index contributed by atoms with van der Waals surface area (Å²) in [6, 6.07) is 14.4. The van der Waals surface area contributed by atoms with Gasteiger partial charge in [-0.1, -0.05) is 60.7 Å². The number of carbonyl (C=O) groups excluding carboxylic acids is 2. The van der Waals surface area contributed by atoms with Crippen LogP contribution in [0.1, 0.15) is 22.9 Å². The highest BCUT2D eigenvalue weighted by molar-refractivity contribution is 5.92. The highest BCUT2D eigenvalue weighted by Gasteiger charge is 2.29. The number of carboxylic acids is 1. The first-order valence-electron chi connectivity index (χ1n) is 10.1. The Labute approximate surface area is 185 Å². The van der Waals surface area contributed by atoms with E-state index in [9.17, 15) is 19.5 Å². The number of aromatic nitrogens is 2. The number of amides is 2. The van der Waals surface area contributed by atoms with Gasteiger partial charge in [-0.25, -0.2) is 9.78 Å². The van der Waals surface area contributed by atoms with Crippen molar-refractivity contribution in [3.63, 3.8) is 0 Å². The first-order chi connectivity index (χ1) is 15.4. The van der Waals surface area contributed by atoms with Crippen LogP contribution in [0.2, 0.25) is 0 Å². The number of carboxylic acid groups (broad SMARTS) is 1. The molecule has 0 unspecified atom stereocenters. The van der Waals surface area contributed by atoms with E-state index in [1.54, 1.807) is 60.8 Å². The number of nitrogens with zero attached hydrogens (tertiary/aromatic N) is 1. The van der Waals surface area contributed by atoms with Gasteiger partial charge in [0.1, 0.15) is 12.1 Å². The van der Waals surface area contributed by atoms with Gasteiger partial charge < -0.3 is 26.5 Å². The Bertz CT molecular complexity index is 1030. The van der Waals surface area contributed by atoms with Crippen LogP contribution in [-0.4, -0.2) is 44.9 Å². The zero-order chi connectivity index (χ0) is 22.9. The van der Waals surface area contributed by atoms with Gasteiger partial charge in [0, 0.05) is 24.7 Å². The fraction of sp³-hybridized carbons (Fsp3) is 0.217. The van der Waals surface area contributed by atoms with Crippen LogP contribution in [0, 0.1) is 0 Å². The Kier molecular flexibility index (Phi) is 7.71. The summed E-state index contributed by atoms with van der Waals surface area (Å²) in [6.45, 7) is 0. The minimum atomic E-state index is -1.17. The summed E-state index contributed by atoms with van der Waals surface area (Å²) >= 11 is 0. The summed E-state index contributed by atoms with van der Waals surface area (Å²) in [7, 11) is 0. The molecule has 2 amide bonds. The van der Waals surface area contributed by atoms with Crippen molar-refractivity contribution in [1.82, 2.24) is 20.6 Å². The number of imidazole rings is 1. The van der Waals surface area contributed by atoms with Crippen LogP contribution >= 0.6 is 0 Å². The molecular formula is C23H25N5O4. The molecule has 0 aliphatic rings. The lowest BCUT2D eigenvalue weighted by molar-refractivity contribution is -0.142. The van der Waals surface area contributed by atoms with Crippen LogP contribution < -0.4 is 16.4 Å². The molecule has 3 rings (SSSR count). The molecule has 0 aliphatic carbocycles. The van der Waals surface area contributed by atoms with E-state index in [2.05, 4.69) is 20.6 Å². The predicted octanol–water partition coefficient (Wildman–Crippen LogP) is 0.949. The topological polar surface area (TPSA) is 150 Å². The number of H-pyrrole nitrogens is 1. The first kappa shape index (κ1) is 22.7. The van der Waals surface area contributed by atoms with E-state index in [1.807, 2.05) is 6.07 Å². The quantitative estimate of drug-likeness (QED) is 0.320. The molecule has 32 heavy (non-hydrogen) atoms. The SMILES string of the molecule is N[C@@H](Cc1cnc[nH]1)C(=O)N[C@H](C(=O)N[C@@H](Cc1ccccc1)C(=O)O)c1ccccc1. The van der Waals surface area contributed by atoms with Gasteiger partial charge in [0.25, 0.3) is 0 Å². The molecule has 0 bridgehead atoms. The van der Waals surface area contributed by atoms with E-state index in [0.29, 0.717) is 11.3 Å². The lowest BCUT2D eigenvalue weighted by Crippen LogP contribution is -2.51. The van der Waals surface area contributed by atoms with Gasteiger partial charge in [-0.05, 0) is 11.1 Å². The van der Waals surface area contributed by atoms with Gasteiger partial charge in [0.15, 0.2) is 0 Å². The van der Waals surface area contributed by atoms with Crippen LogP contribution in [-0.2, 0) is 27.2 Å². The molecule has 0 saturated carbocycles. The third kappa shape index (κ3) is 6.26. The van der Waals surface area contributed by atoms with Crippen molar-refractivity contribution >= 4 is 17.8 Å². The molecule has 0 radical (unpaired) electrons. The lowest BCUT2D eigenvalue weighted by Gasteiger charge is -2.23. The molecule has 9 heteroatoms. The van der Waals surface area contributed by atoms with Crippen LogP contribution in [0.5, 0.6) is 0 Å². The maximum atomic E-state index is 13.1. The van der Waals surface area contributed by atoms with Gasteiger partial charge in [0.05, 0.1) is 12.4 Å². The van der Waals surface area contributed by atoms with Crippen molar-refractivity contribution in [1.29, 1.82) is 0 Å². The molecule has 166 valence electrons. The molecule has 0 aliphatic heterocycles. The smallest absolute Gasteiger partial charge is 0.326 e. The lowest BCUT2D eigenvalue weighted by atomic mass is 10.0. The van der Waals surface area contributed by atoms with Crippen molar-refractivity contribution < 1.29 is 19.5 Å². The monoisotopic (exact) mass is 435 g/mol. The normalized spacial score (nSPS) is 13.5. The van der Waals surface area contributed by atoms with Gasteiger partial charge in [-0.15, -0.1) is 0 Å². The summed E-state index contributed by atoms with van der Waals surface area (Å²) in [6.07, 6.45) is 3.37. The molecule has 1 heterocycles. The number of rotatable bonds is 10. The number of carbonyl (C=O) groups is 3. The fourth-order valence-corrected chi connectivity index (χ4v) is 3.23. The standard InChI is InChI=1S/C23H25N5O4/c24-18(12-17-13-25-14-26-17)21(29)28-20(16-9-5-2-6-10-16)22(30)27-19(23(31)32)11-15-7-3-1-4-8-15/h1-10,13-14,18-20H,11-12,24H2,(H,25,26)(H,27,30)(H,28,29)(H,31,32)/t18-,19-,20-/m0/s1. The van der Waals surface area contributed by atoms with E-state index < -0.39 is 35.9 Å². The third-order valence-corrected chi connectivity index (χ3v) is 4.91. The Morgan fingerprint density at radius 1 is 0.938 bits per heavy atom. The largest absolute Gasteiger partial charge is 0.480 e. The summed E-state index contributed by atoms with van der Waals surface area (Å²) in [4.78, 5) is 44.3. The minimum absolute atomic E-state index is 0.108. The van der Waals surface area contributed by atoms with E-state index in [0.717, 1.165) is 5.56 Å². The number of hydrogen-bond donors (Lipinski definition) is 5. The predicted molar refractivity (Wildman–Crippen MR) is 117 cm³/mol. The number of benzene rings is 2. The zero-order valence-corrected chi connectivity index (χ0v) is 17.3. The van der Waals surface area contributed by atoms with Crippen molar-refractivity contribution in [3.8, 4) is 0 Å². The van der Waals surface area contributed by atoms with Crippen molar-refractivity contribution in [2.75, 3.05) is 0 Å². The number of nitrogens with two attached hydrogens (primary N) is 1. The molecule has 0 fully saturated rings. The highest BCUT2D eigenvalue weighted by atomic mass is 16.4. The maximum absolute atomic E-state index is 13.1. The van der Waals surface area contributed by atoms with Crippen LogP contribution in [0.4, 0.5) is 0 Å². The highest BCUT2D eigenvalue weighted by Crippen LogP contribution is 2.14. The summed E-state index contributed by atoms with van der Waals surface area (Å²) < 4.78 is 0. The summed E-state index contributed by atoms with van der Waals surface area (Å²) in [5.74, 6) is -2.35. The molecule has 2 aromatic carbocycles. The van der Waals surface area contributed by atoms with E-state index in [-0.39, 0.29) is 12.8 Å². The molecule has 0 saturated heterocycles. The van der Waals surface area contributed by atoms with E-state index >= 15 is 0 Å². The second kappa shape index (κ2) is 10.9. The number of nitrogens with one attached hydrogen (secondary N) is 3. The van der Waals surface area contributed by atoms with Crippen LogP contribution in [0.3, 0.4) is 0 Å². The van der Waals surface area contributed by atoms with Gasteiger partial charge in [0.2, 0.25) is 11.8 Å². The first-order valence-corrected chi connectivity index (χ1v) is 10.1. The number of hydrogen-bond acceptors (Lipinski definition) is 5. The van der Waals surface area contributed by atoms with Crippen molar-refractivity contribution in [3.05, 3.63) is 90.0 Å². The Morgan fingerprint density at radius 3 is 2.19 bits per heavy atom. The molecule has 3 aromatic rings. The number of aromatic amines is 1. The summed E-state index contributed by atoms with van der Waals surface area (Å²) in [5.41, 5.74) is 7.96. The maximum Gasteiger partial charge on any atom is 0.326 e. The molecule has 0 spiro atoms. The molecular weight excluding hydrogens is 410 g/mol. The van der Waals surface area contributed by atoms with Crippen molar-refractivity contribution in [2.24, 2.45) is 5.73 Å². The van der Waals surface area contributed by atoms with Gasteiger partial charge in [-0.2, -0.15) is 0 Å². The van der Waals surface area contributed by atoms with Crippen LogP contribution in [0.25, 0.3) is 0 Å². The number of aliphatic carboxylic acids is 1. The molecule has 1 aromatic heterocycles. The van der Waals surface area contributed by atoms with Gasteiger partial charge >= 0.3 is 5.97 Å². The van der Waals surface area contributed by atoms with Crippen LogP contribution in [0.15, 0.2) is 73.2 Å². The van der Waals surface area contributed by atoms with E-state index in [1.165, 1.54) is 6.33 Å². The van der Waals surface area contributed by atoms with Gasteiger partial charge in [-0.3, -0.25) is 9.59 Å². The Balaban J connectivity index is 1.74. The Morgan fingerprint density at radius 2 is 1.59 bits per heavy atom. The van der Waals surface area contributed by atoms with Crippen molar-refractivity contribution in [2.45, 2.75) is 31.0 Å². The molecule has 9 nitrogen and oxygen atoms in total. The minimum Gasteiger partial charge on any atom is -0.480 e. The zero-order valence-electron chi connectivity index (χ0n) is 17.3. The average molecular weight is 435 g/mol. The van der Waals surface area contributed by atoms with E-state index in [4.69, 9.17) is 5.73 Å². The third-order valence-electron chi connectivity index (χ3n) is 4.91. The second-order valence-corrected chi connectivity index (χ2v) is 7.33. The molecule has 6 N–H and O–H groups in total. The second-order valence-electron chi connectivity index (χ2n) is 7.33. The summed E-state index contributed by atoms with van der Waals surface area (Å²) in [5, 5.41) is 14.8. The molecule has 3 atom stereocenters. The Hall–Kier alpha value is -3.98. The fourth-order valence-electron chi connectivity index (χ4n) is 3.23.